The van der Waals surface area contributed by atoms with E-state index in [9.17, 15) is 19.2 Å². The minimum absolute atomic E-state index is 0.0645. The van der Waals surface area contributed by atoms with Gasteiger partial charge in [0.25, 0.3) is 5.91 Å². The molecular formula is C25H25N3O6. The highest BCUT2D eigenvalue weighted by molar-refractivity contribution is 6.05. The van der Waals surface area contributed by atoms with Gasteiger partial charge in [-0.2, -0.15) is 0 Å². The van der Waals surface area contributed by atoms with Crippen LogP contribution in [0.15, 0.2) is 42.5 Å². The zero-order valence-corrected chi connectivity index (χ0v) is 18.5. The van der Waals surface area contributed by atoms with Crippen molar-refractivity contribution in [3.8, 4) is 5.75 Å². The number of piperidine rings is 1. The number of carbonyl (C=O) groups excluding carboxylic acids is 4. The van der Waals surface area contributed by atoms with E-state index in [2.05, 4.69) is 5.32 Å². The minimum atomic E-state index is -0.717. The number of imide groups is 1. The van der Waals surface area contributed by atoms with Gasteiger partial charge in [0.05, 0.1) is 14.5 Å². The van der Waals surface area contributed by atoms with Crippen LogP contribution >= 0.6 is 0 Å². The molecule has 1 N–H and O–H groups in total. The lowest BCUT2D eigenvalue weighted by Crippen LogP contribution is -2.52. The third-order valence-electron chi connectivity index (χ3n) is 6.30. The van der Waals surface area contributed by atoms with Crippen molar-refractivity contribution in [3.05, 3.63) is 64.7 Å². The van der Waals surface area contributed by atoms with Crippen molar-refractivity contribution in [2.45, 2.75) is 38.6 Å². The first kappa shape index (κ1) is 20.9. The summed E-state index contributed by atoms with van der Waals surface area (Å²) in [6, 6.07) is 12.3. The van der Waals surface area contributed by atoms with Crippen molar-refractivity contribution < 1.29 is 30.0 Å². The van der Waals surface area contributed by atoms with E-state index in [1.165, 1.54) is 4.90 Å². The summed E-state index contributed by atoms with van der Waals surface area (Å²) < 4.78 is 18.8. The van der Waals surface area contributed by atoms with Gasteiger partial charge in [-0.1, -0.05) is 30.3 Å². The molecule has 2 aromatic carbocycles. The summed E-state index contributed by atoms with van der Waals surface area (Å²) in [6.07, 6.45) is 0.519. The number of hydrogen-bond acceptors (Lipinski definition) is 6. The summed E-state index contributed by atoms with van der Waals surface area (Å²) in [7, 11) is 0. The van der Waals surface area contributed by atoms with Crippen molar-refractivity contribution in [2.24, 2.45) is 0 Å². The van der Waals surface area contributed by atoms with Crippen LogP contribution in [0.25, 0.3) is 0 Å². The van der Waals surface area contributed by atoms with Crippen LogP contribution in [0.5, 0.6) is 5.75 Å². The smallest absolute Gasteiger partial charge is 0.255 e. The molecule has 34 heavy (non-hydrogen) atoms. The Bertz CT molecular complexity index is 1180. The molecule has 5 rings (SSSR count). The Kier molecular flexibility index (Phi) is 5.68. The molecule has 176 valence electrons. The second-order valence-corrected chi connectivity index (χ2v) is 8.54. The highest BCUT2D eigenvalue weighted by Crippen LogP contribution is 2.34. The van der Waals surface area contributed by atoms with E-state index in [-0.39, 0.29) is 50.4 Å². The molecule has 2 saturated heterocycles. The number of ether oxygens (including phenoxy) is 2. The number of carbonyl (C=O) groups is 4. The van der Waals surface area contributed by atoms with E-state index in [1.54, 1.807) is 23.1 Å². The molecule has 0 radical (unpaired) electrons. The molecule has 3 heterocycles. The summed E-state index contributed by atoms with van der Waals surface area (Å²) >= 11 is 0. The molecule has 0 bridgehead atoms. The number of amides is 4. The van der Waals surface area contributed by atoms with Crippen LogP contribution in [0.3, 0.4) is 0 Å². The largest absolute Gasteiger partial charge is 0.489 e. The molecule has 0 aromatic heterocycles. The predicted molar refractivity (Wildman–Crippen MR) is 119 cm³/mol. The average molecular weight is 464 g/mol. The van der Waals surface area contributed by atoms with Gasteiger partial charge in [-0.05, 0) is 29.7 Å². The number of benzene rings is 2. The Balaban J connectivity index is 1.23. The fraction of sp³-hybridized carbons (Fsp3) is 0.360. The van der Waals surface area contributed by atoms with Gasteiger partial charge < -0.3 is 19.3 Å². The molecule has 0 spiro atoms. The van der Waals surface area contributed by atoms with Crippen LogP contribution in [-0.2, 0) is 38.8 Å². The first-order valence-corrected chi connectivity index (χ1v) is 11.2. The Labute approximate surface area is 198 Å². The normalized spacial score (nSPS) is 23.0. The summed E-state index contributed by atoms with van der Waals surface area (Å²) in [5.74, 6) is -0.545. The zero-order valence-electron chi connectivity index (χ0n) is 19.5. The third-order valence-corrected chi connectivity index (χ3v) is 6.30. The van der Waals surface area contributed by atoms with E-state index in [4.69, 9.17) is 10.8 Å². The molecular weight excluding hydrogens is 438 g/mol. The molecule has 3 aliphatic rings. The van der Waals surface area contributed by atoms with E-state index in [0.717, 1.165) is 16.7 Å². The van der Waals surface area contributed by atoms with Crippen molar-refractivity contribution in [3.63, 3.8) is 0 Å². The minimum Gasteiger partial charge on any atom is -0.489 e. The maximum atomic E-state index is 13.0. The zero-order chi connectivity index (χ0) is 24.5. The number of rotatable bonds is 6. The quantitative estimate of drug-likeness (QED) is 0.648. The van der Waals surface area contributed by atoms with E-state index in [0.29, 0.717) is 24.3 Å². The summed E-state index contributed by atoms with van der Waals surface area (Å²) in [6.45, 7) is 0.422. The van der Waals surface area contributed by atoms with Gasteiger partial charge in [-0.3, -0.25) is 24.5 Å². The van der Waals surface area contributed by atoms with Gasteiger partial charge in [0, 0.05) is 30.6 Å². The van der Waals surface area contributed by atoms with Crippen LogP contribution < -0.4 is 10.1 Å². The summed E-state index contributed by atoms with van der Waals surface area (Å²) in [5, 5.41) is 2.31. The summed E-state index contributed by atoms with van der Waals surface area (Å²) in [5.41, 5.74) is 3.10. The molecule has 4 amide bonds. The third kappa shape index (κ3) is 4.38. The highest BCUT2D eigenvalue weighted by atomic mass is 16.5. The number of hydrogen-bond donors (Lipinski definition) is 1. The number of nitrogens with one attached hydrogen (secondary N) is 1. The Hall–Kier alpha value is -3.72. The van der Waals surface area contributed by atoms with Crippen LogP contribution in [0, 0.1) is 0 Å². The van der Waals surface area contributed by atoms with Crippen molar-refractivity contribution in [1.29, 1.82) is 0 Å². The van der Waals surface area contributed by atoms with Crippen LogP contribution in [0.4, 0.5) is 0 Å². The first-order valence-electron chi connectivity index (χ1n) is 11.8. The Morgan fingerprint density at radius 2 is 1.88 bits per heavy atom. The Morgan fingerprint density at radius 1 is 1.09 bits per heavy atom. The van der Waals surface area contributed by atoms with Gasteiger partial charge in [0.2, 0.25) is 17.7 Å². The van der Waals surface area contributed by atoms with E-state index < -0.39 is 18.5 Å². The van der Waals surface area contributed by atoms with Gasteiger partial charge in [0.1, 0.15) is 25.0 Å². The number of morpholine rings is 1. The second kappa shape index (κ2) is 9.26. The monoisotopic (exact) mass is 464 g/mol. The van der Waals surface area contributed by atoms with Crippen molar-refractivity contribution in [1.82, 2.24) is 15.1 Å². The van der Waals surface area contributed by atoms with Crippen LogP contribution in [0.1, 0.15) is 41.3 Å². The molecule has 2 fully saturated rings. The average Bonchev–Trinajstić information content (AvgIpc) is 3.18. The van der Waals surface area contributed by atoms with E-state index in [1.807, 2.05) is 24.3 Å². The molecule has 0 saturated carbocycles. The highest BCUT2D eigenvalue weighted by Gasteiger charge is 2.40. The lowest BCUT2D eigenvalue weighted by molar-refractivity contribution is -0.143. The van der Waals surface area contributed by atoms with Crippen molar-refractivity contribution >= 4 is 23.6 Å². The van der Waals surface area contributed by atoms with Gasteiger partial charge in [0.15, 0.2) is 0 Å². The van der Waals surface area contributed by atoms with Crippen LogP contribution in [0.2, 0.25) is 0 Å². The molecule has 2 aromatic rings. The van der Waals surface area contributed by atoms with E-state index >= 15 is 0 Å². The maximum Gasteiger partial charge on any atom is 0.255 e. The predicted octanol–water partition coefficient (Wildman–Crippen LogP) is 1.39. The lowest BCUT2D eigenvalue weighted by Gasteiger charge is -2.29. The molecule has 3 aliphatic heterocycles. The topological polar surface area (TPSA) is 105 Å². The van der Waals surface area contributed by atoms with Crippen LogP contribution in [-0.4, -0.2) is 59.2 Å². The summed E-state index contributed by atoms with van der Waals surface area (Å²) in [4.78, 5) is 51.8. The SMILES string of the molecule is [2H]C1CN(Cc2ccc(COc3cccc4c3CN(C3CCC(=O)NC3=O)C4=O)cc2)C(=O)CO1. The molecule has 9 heteroatoms. The number of fused-ring (bicyclic) bond motifs is 1. The van der Waals surface area contributed by atoms with Gasteiger partial charge in [-0.15, -0.1) is 0 Å². The first-order chi connectivity index (χ1) is 16.9. The maximum absolute atomic E-state index is 13.0. The molecule has 2 atom stereocenters. The number of nitrogens with zero attached hydrogens (tertiary/aromatic N) is 2. The lowest BCUT2D eigenvalue weighted by atomic mass is 10.0. The molecule has 2 unspecified atom stereocenters. The van der Waals surface area contributed by atoms with Gasteiger partial charge in [-0.25, -0.2) is 0 Å². The van der Waals surface area contributed by atoms with Crippen molar-refractivity contribution in [2.75, 3.05) is 19.7 Å². The second-order valence-electron chi connectivity index (χ2n) is 8.54. The fourth-order valence-corrected chi connectivity index (χ4v) is 4.43. The van der Waals surface area contributed by atoms with Gasteiger partial charge >= 0.3 is 0 Å². The molecule has 0 aliphatic carbocycles. The molecule has 9 nitrogen and oxygen atoms in total. The fourth-order valence-electron chi connectivity index (χ4n) is 4.43. The standard InChI is InChI=1S/C25H25N3O6/c29-22-9-8-20(24(31)26-22)28-13-19-18(25(28)32)2-1-3-21(19)34-14-17-6-4-16(5-7-17)12-27-10-11-33-15-23(27)30/h1-7,20H,8-15H2,(H,26,29,31)/i11D. The Morgan fingerprint density at radius 3 is 2.68 bits per heavy atom.